The quantitative estimate of drug-likeness (QED) is 0.490. The summed E-state index contributed by atoms with van der Waals surface area (Å²) < 4.78 is 0. The molecule has 0 aliphatic heterocycles. The predicted octanol–water partition coefficient (Wildman–Crippen LogP) is 2.21. The Kier molecular flexibility index (Phi) is 2.76. The van der Waals surface area contributed by atoms with E-state index in [0.29, 0.717) is 0 Å². The molecule has 0 aliphatic carbocycles. The van der Waals surface area contributed by atoms with Gasteiger partial charge in [0.05, 0.1) is 11.2 Å². The Bertz CT molecular complexity index is 711. The van der Waals surface area contributed by atoms with Crippen molar-refractivity contribution in [3.05, 3.63) is 53.8 Å². The van der Waals surface area contributed by atoms with Gasteiger partial charge in [-0.15, -0.1) is 0 Å². The van der Waals surface area contributed by atoms with Crippen molar-refractivity contribution in [1.29, 1.82) is 0 Å². The van der Waals surface area contributed by atoms with Crippen LogP contribution in [0.3, 0.4) is 0 Å². The van der Waals surface area contributed by atoms with Crippen LogP contribution in [0.15, 0.2) is 48.5 Å². The normalized spacial score (nSPS) is 10.7. The molecule has 2 aromatic carbocycles. The predicted molar refractivity (Wildman–Crippen MR) is 78.2 cm³/mol. The van der Waals surface area contributed by atoms with Gasteiger partial charge in [0.1, 0.15) is 7.85 Å². The molecule has 0 amide bonds. The summed E-state index contributed by atoms with van der Waals surface area (Å²) in [7, 11) is 2.06. The lowest BCUT2D eigenvalue weighted by Gasteiger charge is -2.06. The lowest BCUT2D eigenvalue weighted by Crippen LogP contribution is -2.00. The first-order valence-corrected chi connectivity index (χ1v) is 6.11. The van der Waals surface area contributed by atoms with Gasteiger partial charge >= 0.3 is 0 Å². The van der Waals surface area contributed by atoms with Crippen LogP contribution in [0.4, 0.5) is 0 Å². The number of benzene rings is 2. The van der Waals surface area contributed by atoms with Crippen molar-refractivity contribution in [3.63, 3.8) is 0 Å². The van der Waals surface area contributed by atoms with Crippen LogP contribution in [0.1, 0.15) is 0 Å². The minimum Gasteiger partial charge on any atom is -0.218 e. The maximum atomic E-state index is 5.98. The minimum atomic E-state index is 0.282. The van der Waals surface area contributed by atoms with Gasteiger partial charge in [-0.05, 0) is 17.7 Å². The van der Waals surface area contributed by atoms with E-state index < -0.39 is 0 Å². The lowest BCUT2D eigenvalue weighted by atomic mass is 9.94. The van der Waals surface area contributed by atoms with E-state index in [1.54, 1.807) is 0 Å². The molecule has 18 heavy (non-hydrogen) atoms. The second-order valence-electron chi connectivity index (χ2n) is 4.22. The van der Waals surface area contributed by atoms with Crippen LogP contribution in [0.2, 0.25) is 5.28 Å². The fourth-order valence-electron chi connectivity index (χ4n) is 1.98. The fourth-order valence-corrected chi connectivity index (χ4v) is 2.16. The van der Waals surface area contributed by atoms with E-state index in [4.69, 9.17) is 11.6 Å². The highest BCUT2D eigenvalue weighted by Crippen LogP contribution is 2.26. The van der Waals surface area contributed by atoms with Gasteiger partial charge in [0.15, 0.2) is 0 Å². The minimum absolute atomic E-state index is 0.282. The van der Waals surface area contributed by atoms with Crippen LogP contribution in [0, 0.1) is 0 Å². The molecule has 1 aromatic heterocycles. The summed E-state index contributed by atoms with van der Waals surface area (Å²) >= 11 is 5.98. The molecule has 0 fully saturated rings. The number of rotatable bonds is 1. The molecular weight excluding hydrogens is 242 g/mol. The molecule has 0 saturated heterocycles. The SMILES string of the molecule is Bc1ccc(-c2nc(Cl)nc3ccccc23)cc1. The van der Waals surface area contributed by atoms with Crippen molar-refractivity contribution >= 4 is 35.8 Å². The number of halogens is 1. The molecule has 86 valence electrons. The van der Waals surface area contributed by atoms with Crippen molar-refractivity contribution in [1.82, 2.24) is 9.97 Å². The molecule has 3 aromatic rings. The van der Waals surface area contributed by atoms with Gasteiger partial charge in [-0.2, -0.15) is 0 Å². The summed E-state index contributed by atoms with van der Waals surface area (Å²) in [5, 5.41) is 1.30. The Balaban J connectivity index is 2.31. The van der Waals surface area contributed by atoms with E-state index in [1.807, 2.05) is 24.3 Å². The Morgan fingerprint density at radius 2 is 1.61 bits per heavy atom. The monoisotopic (exact) mass is 252 g/mol. The molecule has 0 bridgehead atoms. The maximum absolute atomic E-state index is 5.98. The highest BCUT2D eigenvalue weighted by Gasteiger charge is 2.07. The Morgan fingerprint density at radius 3 is 2.39 bits per heavy atom. The van der Waals surface area contributed by atoms with Crippen LogP contribution in [0.25, 0.3) is 22.2 Å². The zero-order chi connectivity index (χ0) is 12.5. The number of aromatic nitrogens is 2. The van der Waals surface area contributed by atoms with Crippen LogP contribution in [-0.4, -0.2) is 17.8 Å². The Labute approximate surface area is 111 Å². The summed E-state index contributed by atoms with van der Waals surface area (Å²) in [6.07, 6.45) is 0. The van der Waals surface area contributed by atoms with E-state index in [2.05, 4.69) is 42.1 Å². The Hall–Kier alpha value is -1.87. The fraction of sp³-hybridized carbons (Fsp3) is 0. The molecule has 2 nitrogen and oxygen atoms in total. The first-order chi connectivity index (χ1) is 8.74. The average molecular weight is 253 g/mol. The highest BCUT2D eigenvalue weighted by molar-refractivity contribution is 6.32. The zero-order valence-corrected chi connectivity index (χ0v) is 10.6. The van der Waals surface area contributed by atoms with Crippen molar-refractivity contribution in [3.8, 4) is 11.3 Å². The van der Waals surface area contributed by atoms with Crippen molar-refractivity contribution < 1.29 is 0 Å². The molecule has 0 atom stereocenters. The first kappa shape index (κ1) is 11.2. The van der Waals surface area contributed by atoms with Crippen LogP contribution < -0.4 is 5.46 Å². The summed E-state index contributed by atoms with van der Waals surface area (Å²) in [6, 6.07) is 16.1. The second-order valence-corrected chi connectivity index (χ2v) is 4.56. The van der Waals surface area contributed by atoms with Crippen molar-refractivity contribution in [2.45, 2.75) is 0 Å². The Morgan fingerprint density at radius 1 is 0.889 bits per heavy atom. The van der Waals surface area contributed by atoms with Crippen molar-refractivity contribution in [2.24, 2.45) is 0 Å². The van der Waals surface area contributed by atoms with Crippen molar-refractivity contribution in [2.75, 3.05) is 0 Å². The van der Waals surface area contributed by atoms with Crippen LogP contribution in [-0.2, 0) is 0 Å². The molecular formula is C14H10BClN2. The number of fused-ring (bicyclic) bond motifs is 1. The molecule has 1 heterocycles. The smallest absolute Gasteiger partial charge is 0.218 e. The molecule has 0 radical (unpaired) electrons. The van der Waals surface area contributed by atoms with Gasteiger partial charge in [-0.3, -0.25) is 0 Å². The van der Waals surface area contributed by atoms with Crippen LogP contribution >= 0.6 is 11.6 Å². The third-order valence-corrected chi connectivity index (χ3v) is 3.07. The van der Waals surface area contributed by atoms with E-state index in [0.717, 1.165) is 22.2 Å². The number of nitrogens with zero attached hydrogens (tertiary/aromatic N) is 2. The first-order valence-electron chi connectivity index (χ1n) is 5.73. The zero-order valence-electron chi connectivity index (χ0n) is 9.89. The van der Waals surface area contributed by atoms with E-state index in [1.165, 1.54) is 5.46 Å². The van der Waals surface area contributed by atoms with E-state index in [-0.39, 0.29) is 5.28 Å². The lowest BCUT2D eigenvalue weighted by molar-refractivity contribution is 1.22. The van der Waals surface area contributed by atoms with Gasteiger partial charge in [0.25, 0.3) is 0 Å². The van der Waals surface area contributed by atoms with Gasteiger partial charge in [0.2, 0.25) is 5.28 Å². The topological polar surface area (TPSA) is 25.8 Å². The number of hydrogen-bond donors (Lipinski definition) is 0. The van der Waals surface area contributed by atoms with Gasteiger partial charge in [-0.25, -0.2) is 9.97 Å². The third kappa shape index (κ3) is 1.98. The van der Waals surface area contributed by atoms with Gasteiger partial charge in [-0.1, -0.05) is 47.9 Å². The largest absolute Gasteiger partial charge is 0.223 e. The van der Waals surface area contributed by atoms with E-state index >= 15 is 0 Å². The molecule has 0 aliphatic rings. The molecule has 0 saturated carbocycles. The number of para-hydroxylation sites is 1. The molecule has 0 unspecified atom stereocenters. The number of hydrogen-bond acceptors (Lipinski definition) is 2. The maximum Gasteiger partial charge on any atom is 0.223 e. The van der Waals surface area contributed by atoms with Gasteiger partial charge < -0.3 is 0 Å². The standard InChI is InChI=1S/C14H10BClN2/c15-10-7-5-9(6-8-10)13-11-3-1-2-4-12(11)17-14(16)18-13/h1-8H,15H2. The van der Waals surface area contributed by atoms with Crippen LogP contribution in [0.5, 0.6) is 0 Å². The molecule has 3 rings (SSSR count). The molecule has 0 N–H and O–H groups in total. The second kappa shape index (κ2) is 4.43. The average Bonchev–Trinajstić information content (AvgIpc) is 2.38. The molecule has 4 heteroatoms. The summed E-state index contributed by atoms with van der Waals surface area (Å²) in [6.45, 7) is 0. The highest BCUT2D eigenvalue weighted by atomic mass is 35.5. The molecule has 0 spiro atoms. The summed E-state index contributed by atoms with van der Waals surface area (Å²) in [5.41, 5.74) is 4.03. The summed E-state index contributed by atoms with van der Waals surface area (Å²) in [4.78, 5) is 8.59. The third-order valence-electron chi connectivity index (χ3n) is 2.90. The summed E-state index contributed by atoms with van der Waals surface area (Å²) in [5.74, 6) is 0. The van der Waals surface area contributed by atoms with Gasteiger partial charge in [0, 0.05) is 10.9 Å². The van der Waals surface area contributed by atoms with E-state index in [9.17, 15) is 0 Å².